The Kier molecular flexibility index (Phi) is 5.87. The molecule has 3 amide bonds. The molecule has 0 atom stereocenters. The lowest BCUT2D eigenvalue weighted by molar-refractivity contribution is -0.120. The van der Waals surface area contributed by atoms with Crippen molar-refractivity contribution in [1.82, 2.24) is 14.9 Å². The van der Waals surface area contributed by atoms with E-state index in [4.69, 9.17) is 0 Å². The highest BCUT2D eigenvalue weighted by atomic mass is 32.1. The lowest BCUT2D eigenvalue weighted by atomic mass is 10.0. The first kappa shape index (κ1) is 21.5. The van der Waals surface area contributed by atoms with Crippen LogP contribution in [0.1, 0.15) is 16.0 Å². The van der Waals surface area contributed by atoms with Crippen molar-refractivity contribution in [2.75, 3.05) is 5.32 Å². The summed E-state index contributed by atoms with van der Waals surface area (Å²) in [6.45, 7) is 5.47. The molecule has 4 aromatic rings. The maximum Gasteiger partial charge on any atom is 0.325 e. The summed E-state index contributed by atoms with van der Waals surface area (Å²) in [5.74, 6) is -0.608. The van der Waals surface area contributed by atoms with E-state index in [1.165, 1.54) is 22.2 Å². The molecule has 2 aromatic heterocycles. The number of benzene rings is 2. The average molecular weight is 447 g/mol. The Bertz CT molecular complexity index is 1390. The SMILES string of the molecule is Cc1ccc(NC(=O)NC(=O)Cn2cnc3sc(C)c(-c4ccccc4)c3c2=O)c(C)c1. The van der Waals surface area contributed by atoms with Crippen molar-refractivity contribution in [3.8, 4) is 11.1 Å². The largest absolute Gasteiger partial charge is 0.325 e. The van der Waals surface area contributed by atoms with Crippen molar-refractivity contribution in [3.63, 3.8) is 0 Å². The molecule has 0 radical (unpaired) electrons. The van der Waals surface area contributed by atoms with Crippen LogP contribution in [0.5, 0.6) is 0 Å². The fourth-order valence-corrected chi connectivity index (χ4v) is 4.63. The van der Waals surface area contributed by atoms with Crippen molar-refractivity contribution in [2.24, 2.45) is 0 Å². The van der Waals surface area contributed by atoms with Crippen molar-refractivity contribution in [2.45, 2.75) is 27.3 Å². The molecule has 32 heavy (non-hydrogen) atoms. The van der Waals surface area contributed by atoms with Crippen LogP contribution in [0.2, 0.25) is 0 Å². The number of fused-ring (bicyclic) bond motifs is 1. The number of thiophene rings is 1. The monoisotopic (exact) mass is 446 g/mol. The van der Waals surface area contributed by atoms with Gasteiger partial charge in [-0.1, -0.05) is 48.0 Å². The Hall–Kier alpha value is -3.78. The average Bonchev–Trinajstić information content (AvgIpc) is 3.09. The highest BCUT2D eigenvalue weighted by Gasteiger charge is 2.18. The van der Waals surface area contributed by atoms with Crippen molar-refractivity contribution in [1.29, 1.82) is 0 Å². The molecule has 0 unspecified atom stereocenters. The number of hydrogen-bond donors (Lipinski definition) is 2. The first-order chi connectivity index (χ1) is 15.3. The van der Waals surface area contributed by atoms with Crippen LogP contribution in [0.4, 0.5) is 10.5 Å². The van der Waals surface area contributed by atoms with Gasteiger partial charge in [-0.3, -0.25) is 19.5 Å². The molecule has 4 rings (SSSR count). The highest BCUT2D eigenvalue weighted by Crippen LogP contribution is 2.35. The third-order valence-corrected chi connectivity index (χ3v) is 6.13. The molecule has 2 N–H and O–H groups in total. The van der Waals surface area contributed by atoms with Gasteiger partial charge in [0.05, 0.1) is 11.7 Å². The maximum absolute atomic E-state index is 13.2. The number of anilines is 1. The van der Waals surface area contributed by atoms with Gasteiger partial charge in [0.25, 0.3) is 5.56 Å². The quantitative estimate of drug-likeness (QED) is 0.486. The molecule has 162 valence electrons. The van der Waals surface area contributed by atoms with Gasteiger partial charge in [-0.25, -0.2) is 9.78 Å². The summed E-state index contributed by atoms with van der Waals surface area (Å²) in [5, 5.41) is 5.41. The zero-order chi connectivity index (χ0) is 22.8. The number of amides is 3. The van der Waals surface area contributed by atoms with E-state index in [1.54, 1.807) is 6.07 Å². The second-order valence-corrected chi connectivity index (χ2v) is 8.78. The van der Waals surface area contributed by atoms with Gasteiger partial charge < -0.3 is 5.32 Å². The minimum absolute atomic E-state index is 0.314. The third kappa shape index (κ3) is 4.31. The number of imide groups is 1. The maximum atomic E-state index is 13.2. The van der Waals surface area contributed by atoms with Crippen molar-refractivity contribution >= 4 is 39.2 Å². The highest BCUT2D eigenvalue weighted by molar-refractivity contribution is 7.19. The molecular weight excluding hydrogens is 424 g/mol. The van der Waals surface area contributed by atoms with Gasteiger partial charge in [0.1, 0.15) is 11.4 Å². The van der Waals surface area contributed by atoms with Gasteiger partial charge in [0, 0.05) is 16.1 Å². The molecule has 0 saturated carbocycles. The zero-order valence-corrected chi connectivity index (χ0v) is 18.7. The summed E-state index contributed by atoms with van der Waals surface area (Å²) in [6, 6.07) is 14.6. The minimum atomic E-state index is -0.652. The summed E-state index contributed by atoms with van der Waals surface area (Å²) in [6.07, 6.45) is 1.34. The Labute approximate surface area is 188 Å². The molecule has 0 bridgehead atoms. The van der Waals surface area contributed by atoms with Crippen molar-refractivity contribution in [3.05, 3.63) is 81.2 Å². The van der Waals surface area contributed by atoms with Gasteiger partial charge in [0.15, 0.2) is 0 Å². The number of aromatic nitrogens is 2. The van der Waals surface area contributed by atoms with E-state index in [9.17, 15) is 14.4 Å². The smallest absolute Gasteiger partial charge is 0.307 e. The van der Waals surface area contributed by atoms with Crippen LogP contribution in [-0.2, 0) is 11.3 Å². The summed E-state index contributed by atoms with van der Waals surface area (Å²) >= 11 is 1.44. The summed E-state index contributed by atoms with van der Waals surface area (Å²) < 4.78 is 1.22. The first-order valence-corrected chi connectivity index (χ1v) is 10.9. The van der Waals surface area contributed by atoms with E-state index >= 15 is 0 Å². The van der Waals surface area contributed by atoms with Gasteiger partial charge in [-0.2, -0.15) is 0 Å². The second kappa shape index (κ2) is 8.76. The standard InChI is InChI=1S/C24H22N4O3S/c1-14-9-10-18(15(2)11-14)26-24(31)27-19(29)12-28-13-25-22-21(23(28)30)20(16(3)32-22)17-7-5-4-6-8-17/h4-11,13H,12H2,1-3H3,(H2,26,27,29,31). The molecular formula is C24H22N4O3S. The summed E-state index contributed by atoms with van der Waals surface area (Å²) in [5.41, 5.74) is 4.01. The molecule has 0 aliphatic heterocycles. The Balaban J connectivity index is 1.55. The molecule has 0 aliphatic rings. The molecule has 0 aliphatic carbocycles. The predicted octanol–water partition coefficient (Wildman–Crippen LogP) is 4.40. The van der Waals surface area contributed by atoms with Crippen LogP contribution in [0.25, 0.3) is 21.3 Å². The number of rotatable bonds is 4. The lowest BCUT2D eigenvalue weighted by Crippen LogP contribution is -2.38. The topological polar surface area (TPSA) is 93.1 Å². The Morgan fingerprint density at radius 1 is 1.06 bits per heavy atom. The van der Waals surface area contributed by atoms with Crippen LogP contribution in [-0.4, -0.2) is 21.5 Å². The fraction of sp³-hybridized carbons (Fsp3) is 0.167. The van der Waals surface area contributed by atoms with E-state index in [1.807, 2.05) is 63.2 Å². The van der Waals surface area contributed by atoms with Gasteiger partial charge in [0.2, 0.25) is 5.91 Å². The number of carbonyl (C=O) groups is 2. The molecule has 0 saturated heterocycles. The number of urea groups is 1. The normalized spacial score (nSPS) is 10.8. The van der Waals surface area contributed by atoms with Crippen LogP contribution in [0.3, 0.4) is 0 Å². The van der Waals surface area contributed by atoms with Gasteiger partial charge in [-0.05, 0) is 38.0 Å². The van der Waals surface area contributed by atoms with Crippen LogP contribution >= 0.6 is 11.3 Å². The summed E-state index contributed by atoms with van der Waals surface area (Å²) in [7, 11) is 0. The Morgan fingerprint density at radius 2 is 1.81 bits per heavy atom. The molecule has 0 fully saturated rings. The van der Waals surface area contributed by atoms with E-state index in [2.05, 4.69) is 15.6 Å². The Morgan fingerprint density at radius 3 is 2.53 bits per heavy atom. The number of hydrogen-bond acceptors (Lipinski definition) is 5. The first-order valence-electron chi connectivity index (χ1n) is 10.1. The predicted molar refractivity (Wildman–Crippen MR) is 127 cm³/mol. The van der Waals surface area contributed by atoms with E-state index < -0.39 is 11.9 Å². The van der Waals surface area contributed by atoms with Gasteiger partial charge >= 0.3 is 6.03 Å². The van der Waals surface area contributed by atoms with E-state index in [0.29, 0.717) is 15.9 Å². The zero-order valence-electron chi connectivity index (χ0n) is 17.9. The summed E-state index contributed by atoms with van der Waals surface area (Å²) in [4.78, 5) is 43.8. The van der Waals surface area contributed by atoms with Crippen LogP contribution < -0.4 is 16.2 Å². The molecule has 0 spiro atoms. The molecule has 2 aromatic carbocycles. The molecule has 8 heteroatoms. The number of aryl methyl sites for hydroxylation is 3. The molecule has 2 heterocycles. The number of carbonyl (C=O) groups excluding carboxylic acids is 2. The fourth-order valence-electron chi connectivity index (χ4n) is 3.63. The van der Waals surface area contributed by atoms with Crippen LogP contribution in [0, 0.1) is 20.8 Å². The molecule has 7 nitrogen and oxygen atoms in total. The van der Waals surface area contributed by atoms with Crippen molar-refractivity contribution < 1.29 is 9.59 Å². The van der Waals surface area contributed by atoms with E-state index in [0.717, 1.165) is 27.1 Å². The third-order valence-electron chi connectivity index (χ3n) is 5.11. The minimum Gasteiger partial charge on any atom is -0.307 e. The second-order valence-electron chi connectivity index (χ2n) is 7.58. The lowest BCUT2D eigenvalue weighted by Gasteiger charge is -2.10. The van der Waals surface area contributed by atoms with Crippen LogP contribution in [0.15, 0.2) is 59.7 Å². The van der Waals surface area contributed by atoms with Gasteiger partial charge in [-0.15, -0.1) is 11.3 Å². The van der Waals surface area contributed by atoms with E-state index in [-0.39, 0.29) is 12.1 Å². The number of nitrogens with one attached hydrogen (secondary N) is 2. The number of nitrogens with zero attached hydrogens (tertiary/aromatic N) is 2.